The topological polar surface area (TPSA) is 83.5 Å². The van der Waals surface area contributed by atoms with Crippen molar-refractivity contribution < 1.29 is 18.0 Å². The van der Waals surface area contributed by atoms with Crippen molar-refractivity contribution in [1.82, 2.24) is 9.62 Å². The largest absolute Gasteiger partial charge is 0.332 e. The highest BCUT2D eigenvalue weighted by molar-refractivity contribution is 7.89. The number of hydrogen-bond donors (Lipinski definition) is 1. The summed E-state index contributed by atoms with van der Waals surface area (Å²) in [5.74, 6) is -0.130. The first kappa shape index (κ1) is 24.8. The van der Waals surface area contributed by atoms with Crippen LogP contribution in [0.5, 0.6) is 0 Å². The predicted molar refractivity (Wildman–Crippen MR) is 136 cm³/mol. The predicted octanol–water partition coefficient (Wildman–Crippen LogP) is 4.96. The SMILES string of the molecule is CC(=O)c1ccc(S(=O)(=O)NCc2ccc(C(=O)N3CCCC3c3ccc(C)c(C)c3)cc2)cc1. The maximum absolute atomic E-state index is 13.3. The second kappa shape index (κ2) is 10.1. The lowest BCUT2D eigenvalue weighted by Gasteiger charge is -2.26. The molecule has 1 saturated heterocycles. The number of benzene rings is 3. The van der Waals surface area contributed by atoms with Crippen LogP contribution in [0.4, 0.5) is 0 Å². The highest BCUT2D eigenvalue weighted by Gasteiger charge is 2.30. The molecule has 1 aliphatic heterocycles. The van der Waals surface area contributed by atoms with E-state index < -0.39 is 10.0 Å². The number of sulfonamides is 1. The normalized spacial score (nSPS) is 15.9. The number of Topliss-reactive ketones (excluding diaryl/α,β-unsaturated/α-hetero) is 1. The zero-order chi connectivity index (χ0) is 25.2. The first-order chi connectivity index (χ1) is 16.7. The van der Waals surface area contributed by atoms with Crippen molar-refractivity contribution in [3.63, 3.8) is 0 Å². The van der Waals surface area contributed by atoms with Crippen LogP contribution in [0.3, 0.4) is 0 Å². The summed E-state index contributed by atoms with van der Waals surface area (Å²) in [4.78, 5) is 26.7. The molecular weight excluding hydrogens is 460 g/mol. The molecule has 0 radical (unpaired) electrons. The number of amides is 1. The summed E-state index contributed by atoms with van der Waals surface area (Å²) in [6.07, 6.45) is 1.91. The van der Waals surface area contributed by atoms with E-state index in [1.54, 1.807) is 24.3 Å². The van der Waals surface area contributed by atoms with Gasteiger partial charge in [-0.15, -0.1) is 0 Å². The lowest BCUT2D eigenvalue weighted by Crippen LogP contribution is -2.30. The van der Waals surface area contributed by atoms with Gasteiger partial charge in [0.1, 0.15) is 0 Å². The molecule has 4 rings (SSSR count). The lowest BCUT2D eigenvalue weighted by atomic mass is 9.99. The molecule has 35 heavy (non-hydrogen) atoms. The lowest BCUT2D eigenvalue weighted by molar-refractivity contribution is 0.0735. The number of carbonyl (C=O) groups is 2. The fraction of sp³-hybridized carbons (Fsp3) is 0.286. The molecule has 1 heterocycles. The number of nitrogens with one attached hydrogen (secondary N) is 1. The van der Waals surface area contributed by atoms with Crippen LogP contribution >= 0.6 is 0 Å². The monoisotopic (exact) mass is 490 g/mol. The van der Waals surface area contributed by atoms with Gasteiger partial charge in [-0.2, -0.15) is 0 Å². The highest BCUT2D eigenvalue weighted by atomic mass is 32.2. The Morgan fingerprint density at radius 1 is 0.914 bits per heavy atom. The molecular formula is C28H30N2O4S. The average molecular weight is 491 g/mol. The summed E-state index contributed by atoms with van der Waals surface area (Å²) >= 11 is 0. The Bertz CT molecular complexity index is 1350. The maximum Gasteiger partial charge on any atom is 0.254 e. The molecule has 0 spiro atoms. The summed E-state index contributed by atoms with van der Waals surface area (Å²) in [5, 5.41) is 0. The van der Waals surface area contributed by atoms with Gasteiger partial charge in [-0.05, 0) is 80.1 Å². The van der Waals surface area contributed by atoms with E-state index in [-0.39, 0.29) is 29.2 Å². The number of likely N-dealkylation sites (tertiary alicyclic amines) is 1. The van der Waals surface area contributed by atoms with Gasteiger partial charge in [0.15, 0.2) is 5.78 Å². The zero-order valence-corrected chi connectivity index (χ0v) is 21.1. The molecule has 1 N–H and O–H groups in total. The van der Waals surface area contributed by atoms with Crippen molar-refractivity contribution in [3.8, 4) is 0 Å². The number of rotatable bonds is 7. The van der Waals surface area contributed by atoms with Crippen LogP contribution in [0, 0.1) is 13.8 Å². The van der Waals surface area contributed by atoms with Crippen LogP contribution < -0.4 is 4.72 Å². The Balaban J connectivity index is 1.42. The van der Waals surface area contributed by atoms with Crippen LogP contribution in [0.2, 0.25) is 0 Å². The van der Waals surface area contributed by atoms with Gasteiger partial charge in [-0.3, -0.25) is 9.59 Å². The summed E-state index contributed by atoms with van der Waals surface area (Å²) in [5.41, 5.74) is 5.43. The van der Waals surface area contributed by atoms with Crippen molar-refractivity contribution in [2.45, 2.75) is 51.1 Å². The van der Waals surface area contributed by atoms with Gasteiger partial charge in [0.25, 0.3) is 5.91 Å². The molecule has 3 aromatic carbocycles. The van der Waals surface area contributed by atoms with Crippen LogP contribution in [0.25, 0.3) is 0 Å². The molecule has 0 saturated carbocycles. The van der Waals surface area contributed by atoms with Gasteiger partial charge in [0.05, 0.1) is 10.9 Å². The molecule has 182 valence electrons. The Kier molecular flexibility index (Phi) is 7.19. The van der Waals surface area contributed by atoms with E-state index in [2.05, 4.69) is 36.8 Å². The number of nitrogens with zero attached hydrogens (tertiary/aromatic N) is 1. The second-order valence-electron chi connectivity index (χ2n) is 9.10. The molecule has 1 unspecified atom stereocenters. The van der Waals surface area contributed by atoms with Gasteiger partial charge in [-0.1, -0.05) is 42.5 Å². The smallest absolute Gasteiger partial charge is 0.254 e. The van der Waals surface area contributed by atoms with Crippen molar-refractivity contribution in [3.05, 3.63) is 100 Å². The standard InChI is InChI=1S/C28H30N2O4S/c1-19-6-9-25(17-20(19)2)27-5-4-16-30(27)28(32)24-10-7-22(8-11-24)18-29-35(33,34)26-14-12-23(13-15-26)21(3)31/h6-15,17,27,29H,4-5,16,18H2,1-3H3. The minimum Gasteiger partial charge on any atom is -0.332 e. The highest BCUT2D eigenvalue weighted by Crippen LogP contribution is 2.34. The minimum atomic E-state index is -3.72. The number of hydrogen-bond acceptors (Lipinski definition) is 4. The van der Waals surface area contributed by atoms with E-state index in [1.807, 2.05) is 4.90 Å². The van der Waals surface area contributed by atoms with Gasteiger partial charge in [0.2, 0.25) is 10.0 Å². The van der Waals surface area contributed by atoms with E-state index in [0.717, 1.165) is 24.9 Å². The molecule has 3 aromatic rings. The van der Waals surface area contributed by atoms with Crippen LogP contribution in [-0.4, -0.2) is 31.6 Å². The first-order valence-corrected chi connectivity index (χ1v) is 13.2. The zero-order valence-electron chi connectivity index (χ0n) is 20.2. The first-order valence-electron chi connectivity index (χ1n) is 11.7. The maximum atomic E-state index is 13.3. The van der Waals surface area contributed by atoms with Crippen molar-refractivity contribution in [2.75, 3.05) is 6.54 Å². The van der Waals surface area contributed by atoms with E-state index in [0.29, 0.717) is 11.1 Å². The molecule has 0 aromatic heterocycles. The quantitative estimate of drug-likeness (QED) is 0.475. The van der Waals surface area contributed by atoms with Crippen molar-refractivity contribution in [1.29, 1.82) is 0 Å². The van der Waals surface area contributed by atoms with Crippen LogP contribution in [0.15, 0.2) is 71.6 Å². The Labute approximate surface area is 207 Å². The van der Waals surface area contributed by atoms with E-state index in [9.17, 15) is 18.0 Å². The number of aryl methyl sites for hydroxylation is 2. The fourth-order valence-corrected chi connectivity index (χ4v) is 5.41. The third-order valence-electron chi connectivity index (χ3n) is 6.67. The Morgan fingerprint density at radius 3 is 2.20 bits per heavy atom. The molecule has 0 bridgehead atoms. The molecule has 6 nitrogen and oxygen atoms in total. The molecule has 1 amide bonds. The minimum absolute atomic E-state index is 0.0107. The summed E-state index contributed by atoms with van der Waals surface area (Å²) in [6, 6.07) is 19.4. The van der Waals surface area contributed by atoms with Crippen molar-refractivity contribution in [2.24, 2.45) is 0 Å². The fourth-order valence-electron chi connectivity index (χ4n) is 4.39. The molecule has 1 aliphatic rings. The third-order valence-corrected chi connectivity index (χ3v) is 8.08. The number of carbonyl (C=O) groups excluding carboxylic acids is 2. The average Bonchev–Trinajstić information content (AvgIpc) is 3.34. The van der Waals surface area contributed by atoms with E-state index in [1.165, 1.54) is 47.9 Å². The third kappa shape index (κ3) is 5.52. The second-order valence-corrected chi connectivity index (χ2v) is 10.9. The Hall–Kier alpha value is -3.29. The van der Waals surface area contributed by atoms with Gasteiger partial charge in [0, 0.05) is 24.2 Å². The summed E-state index contributed by atoms with van der Waals surface area (Å²) < 4.78 is 27.8. The van der Waals surface area contributed by atoms with Crippen molar-refractivity contribution >= 4 is 21.7 Å². The molecule has 1 fully saturated rings. The molecule has 1 atom stereocenters. The molecule has 7 heteroatoms. The number of ketones is 1. The van der Waals surface area contributed by atoms with E-state index >= 15 is 0 Å². The van der Waals surface area contributed by atoms with E-state index in [4.69, 9.17) is 0 Å². The summed E-state index contributed by atoms with van der Waals surface area (Å²) in [6.45, 7) is 6.43. The molecule has 0 aliphatic carbocycles. The summed E-state index contributed by atoms with van der Waals surface area (Å²) in [7, 11) is -3.72. The Morgan fingerprint density at radius 2 is 1.57 bits per heavy atom. The van der Waals surface area contributed by atoms with Gasteiger partial charge in [-0.25, -0.2) is 13.1 Å². The van der Waals surface area contributed by atoms with Crippen LogP contribution in [-0.2, 0) is 16.6 Å². The van der Waals surface area contributed by atoms with Crippen LogP contribution in [0.1, 0.15) is 68.8 Å². The van der Waals surface area contributed by atoms with Gasteiger partial charge < -0.3 is 4.90 Å². The van der Waals surface area contributed by atoms with Gasteiger partial charge >= 0.3 is 0 Å².